The Morgan fingerprint density at radius 1 is 1.44 bits per heavy atom. The topological polar surface area (TPSA) is 12.0 Å². The highest BCUT2D eigenvalue weighted by molar-refractivity contribution is 5.19. The molecule has 0 aromatic heterocycles. The SMILES string of the molecule is CC(F)(Cc1ccccc1F)C1CCNC1. The maximum atomic E-state index is 14.5. The van der Waals surface area contributed by atoms with Crippen LogP contribution in [0.1, 0.15) is 18.9 Å². The van der Waals surface area contributed by atoms with Crippen LogP contribution in [0, 0.1) is 11.7 Å². The van der Waals surface area contributed by atoms with E-state index in [1.54, 1.807) is 25.1 Å². The number of rotatable bonds is 3. The molecule has 1 aliphatic heterocycles. The van der Waals surface area contributed by atoms with Crippen LogP contribution in [-0.4, -0.2) is 18.8 Å². The molecule has 1 aromatic rings. The first-order valence-electron chi connectivity index (χ1n) is 5.72. The average Bonchev–Trinajstić information content (AvgIpc) is 2.75. The predicted molar refractivity (Wildman–Crippen MR) is 60.6 cm³/mol. The second kappa shape index (κ2) is 4.50. The minimum absolute atomic E-state index is 0.00731. The van der Waals surface area contributed by atoms with Gasteiger partial charge in [0.2, 0.25) is 0 Å². The summed E-state index contributed by atoms with van der Waals surface area (Å²) in [6, 6.07) is 6.43. The fourth-order valence-corrected chi connectivity index (χ4v) is 2.33. The lowest BCUT2D eigenvalue weighted by Gasteiger charge is -2.27. The third-order valence-corrected chi connectivity index (χ3v) is 3.41. The lowest BCUT2D eigenvalue weighted by molar-refractivity contribution is 0.112. The van der Waals surface area contributed by atoms with E-state index in [2.05, 4.69) is 5.32 Å². The fraction of sp³-hybridized carbons (Fsp3) is 0.538. The molecule has 1 aliphatic rings. The summed E-state index contributed by atoms with van der Waals surface area (Å²) < 4.78 is 27.9. The molecule has 1 N–H and O–H groups in total. The first-order chi connectivity index (χ1) is 7.59. The number of benzene rings is 1. The molecular formula is C13H17F2N. The largest absolute Gasteiger partial charge is 0.316 e. The van der Waals surface area contributed by atoms with E-state index in [4.69, 9.17) is 0 Å². The van der Waals surface area contributed by atoms with Crippen LogP contribution in [0.3, 0.4) is 0 Å². The molecule has 0 radical (unpaired) electrons. The van der Waals surface area contributed by atoms with Gasteiger partial charge in [0.25, 0.3) is 0 Å². The molecule has 0 amide bonds. The number of halogens is 2. The first kappa shape index (κ1) is 11.5. The van der Waals surface area contributed by atoms with Gasteiger partial charge in [-0.2, -0.15) is 0 Å². The molecule has 1 heterocycles. The van der Waals surface area contributed by atoms with E-state index in [1.165, 1.54) is 6.07 Å². The molecule has 2 atom stereocenters. The maximum absolute atomic E-state index is 14.5. The van der Waals surface area contributed by atoms with Crippen LogP contribution >= 0.6 is 0 Å². The normalized spacial score (nSPS) is 24.3. The summed E-state index contributed by atoms with van der Waals surface area (Å²) in [4.78, 5) is 0. The monoisotopic (exact) mass is 225 g/mol. The van der Waals surface area contributed by atoms with E-state index in [0.717, 1.165) is 13.0 Å². The molecule has 0 spiro atoms. The van der Waals surface area contributed by atoms with E-state index in [0.29, 0.717) is 12.1 Å². The highest BCUT2D eigenvalue weighted by Gasteiger charge is 2.36. The second-order valence-electron chi connectivity index (χ2n) is 4.74. The zero-order chi connectivity index (χ0) is 11.6. The highest BCUT2D eigenvalue weighted by Crippen LogP contribution is 2.31. The summed E-state index contributed by atoms with van der Waals surface area (Å²) in [6.07, 6.45) is 0.994. The van der Waals surface area contributed by atoms with Gasteiger partial charge in [0, 0.05) is 18.9 Å². The van der Waals surface area contributed by atoms with Crippen LogP contribution in [0.25, 0.3) is 0 Å². The molecule has 16 heavy (non-hydrogen) atoms. The molecule has 2 rings (SSSR count). The Balaban J connectivity index is 2.10. The summed E-state index contributed by atoms with van der Waals surface area (Å²) in [5, 5.41) is 3.15. The van der Waals surface area contributed by atoms with Crippen molar-refractivity contribution in [3.63, 3.8) is 0 Å². The Morgan fingerprint density at radius 3 is 2.81 bits per heavy atom. The first-order valence-corrected chi connectivity index (χ1v) is 5.72. The summed E-state index contributed by atoms with van der Waals surface area (Å²) >= 11 is 0. The lowest BCUT2D eigenvalue weighted by Crippen LogP contribution is -2.34. The molecule has 1 saturated heterocycles. The van der Waals surface area contributed by atoms with Crippen LogP contribution in [0.4, 0.5) is 8.78 Å². The lowest BCUT2D eigenvalue weighted by atomic mass is 9.84. The highest BCUT2D eigenvalue weighted by atomic mass is 19.1. The number of nitrogens with one attached hydrogen (secondary N) is 1. The zero-order valence-electron chi connectivity index (χ0n) is 9.47. The summed E-state index contributed by atoms with van der Waals surface area (Å²) in [7, 11) is 0. The molecular weight excluding hydrogens is 208 g/mol. The minimum atomic E-state index is -1.33. The van der Waals surface area contributed by atoms with Crippen LogP contribution in [0.2, 0.25) is 0 Å². The van der Waals surface area contributed by atoms with Gasteiger partial charge in [-0.3, -0.25) is 0 Å². The van der Waals surface area contributed by atoms with Gasteiger partial charge in [-0.15, -0.1) is 0 Å². The van der Waals surface area contributed by atoms with Gasteiger partial charge in [-0.05, 0) is 31.5 Å². The van der Waals surface area contributed by atoms with Crippen molar-refractivity contribution in [2.24, 2.45) is 5.92 Å². The van der Waals surface area contributed by atoms with Crippen molar-refractivity contribution in [2.45, 2.75) is 25.4 Å². The third-order valence-electron chi connectivity index (χ3n) is 3.41. The van der Waals surface area contributed by atoms with Crippen molar-refractivity contribution >= 4 is 0 Å². The zero-order valence-corrected chi connectivity index (χ0v) is 9.47. The van der Waals surface area contributed by atoms with Gasteiger partial charge in [0.05, 0.1) is 0 Å². The Bertz CT molecular complexity index is 357. The van der Waals surface area contributed by atoms with Crippen LogP contribution in [0.15, 0.2) is 24.3 Å². The Morgan fingerprint density at radius 2 is 2.19 bits per heavy atom. The van der Waals surface area contributed by atoms with Crippen molar-refractivity contribution in [3.8, 4) is 0 Å². The summed E-state index contributed by atoms with van der Waals surface area (Å²) in [5.41, 5.74) is -0.856. The van der Waals surface area contributed by atoms with E-state index in [-0.39, 0.29) is 18.2 Å². The molecule has 2 unspecified atom stereocenters. The van der Waals surface area contributed by atoms with E-state index in [9.17, 15) is 8.78 Å². The molecule has 1 nitrogen and oxygen atoms in total. The van der Waals surface area contributed by atoms with Crippen LogP contribution < -0.4 is 5.32 Å². The van der Waals surface area contributed by atoms with Crippen molar-refractivity contribution in [1.29, 1.82) is 0 Å². The van der Waals surface area contributed by atoms with Gasteiger partial charge in [0.15, 0.2) is 0 Å². The van der Waals surface area contributed by atoms with Gasteiger partial charge < -0.3 is 5.32 Å². The van der Waals surface area contributed by atoms with E-state index >= 15 is 0 Å². The number of hydrogen-bond donors (Lipinski definition) is 1. The standard InChI is InChI=1S/C13H17F2N/c1-13(15,11-6-7-16-9-11)8-10-4-2-3-5-12(10)14/h2-5,11,16H,6-9H2,1H3. The van der Waals surface area contributed by atoms with E-state index in [1.807, 2.05) is 0 Å². The van der Waals surface area contributed by atoms with Crippen molar-refractivity contribution in [1.82, 2.24) is 5.32 Å². The van der Waals surface area contributed by atoms with E-state index < -0.39 is 5.67 Å². The Hall–Kier alpha value is -0.960. The number of hydrogen-bond acceptors (Lipinski definition) is 1. The average molecular weight is 225 g/mol. The van der Waals surface area contributed by atoms with Gasteiger partial charge in [-0.1, -0.05) is 18.2 Å². The molecule has 1 aromatic carbocycles. The molecule has 0 saturated carbocycles. The molecule has 88 valence electrons. The van der Waals surface area contributed by atoms with Crippen LogP contribution in [0.5, 0.6) is 0 Å². The predicted octanol–water partition coefficient (Wildman–Crippen LogP) is 2.71. The Labute approximate surface area is 94.9 Å². The molecule has 1 fully saturated rings. The quantitative estimate of drug-likeness (QED) is 0.834. The fourth-order valence-electron chi connectivity index (χ4n) is 2.33. The second-order valence-corrected chi connectivity index (χ2v) is 4.74. The minimum Gasteiger partial charge on any atom is -0.316 e. The van der Waals surface area contributed by atoms with Gasteiger partial charge in [0.1, 0.15) is 11.5 Å². The van der Waals surface area contributed by atoms with Crippen molar-refractivity contribution in [3.05, 3.63) is 35.6 Å². The van der Waals surface area contributed by atoms with Crippen molar-refractivity contribution in [2.75, 3.05) is 13.1 Å². The van der Waals surface area contributed by atoms with Crippen LogP contribution in [-0.2, 0) is 6.42 Å². The smallest absolute Gasteiger partial charge is 0.126 e. The molecule has 0 aliphatic carbocycles. The van der Waals surface area contributed by atoms with Gasteiger partial charge >= 0.3 is 0 Å². The molecule has 3 heteroatoms. The van der Waals surface area contributed by atoms with Gasteiger partial charge in [-0.25, -0.2) is 8.78 Å². The number of alkyl halides is 1. The Kier molecular flexibility index (Phi) is 3.24. The summed E-state index contributed by atoms with van der Waals surface area (Å²) in [6.45, 7) is 3.14. The summed E-state index contributed by atoms with van der Waals surface area (Å²) in [5.74, 6) is -0.315. The molecule has 0 bridgehead atoms. The van der Waals surface area contributed by atoms with Crippen molar-refractivity contribution < 1.29 is 8.78 Å². The third kappa shape index (κ3) is 2.40. The maximum Gasteiger partial charge on any atom is 0.126 e.